The van der Waals surface area contributed by atoms with Gasteiger partial charge in [-0.15, -0.1) is 0 Å². The fourth-order valence-electron chi connectivity index (χ4n) is 5.06. The first kappa shape index (κ1) is 11.6. The topological polar surface area (TPSA) is 26.3 Å². The molecule has 2 atom stereocenters. The lowest BCUT2D eigenvalue weighted by atomic mass is 9.76. The number of benzene rings is 2. The molecule has 0 aromatic heterocycles. The van der Waals surface area contributed by atoms with Crippen molar-refractivity contribution in [3.05, 3.63) is 70.8 Å². The zero-order chi connectivity index (χ0) is 14.2. The van der Waals surface area contributed by atoms with E-state index in [0.717, 1.165) is 0 Å². The van der Waals surface area contributed by atoms with Gasteiger partial charge in [0.05, 0.1) is 5.41 Å². The Bertz CT molecular complexity index is 723. The number of esters is 1. The van der Waals surface area contributed by atoms with Gasteiger partial charge in [0.25, 0.3) is 0 Å². The highest BCUT2D eigenvalue weighted by atomic mass is 16.5. The number of carbonyl (C=O) groups excluding carboxylic acids is 1. The monoisotopic (exact) mass is 276 g/mol. The number of rotatable bonds is 2. The molecule has 2 aromatic rings. The summed E-state index contributed by atoms with van der Waals surface area (Å²) in [6.07, 6.45) is 0. The lowest BCUT2D eigenvalue weighted by Gasteiger charge is -2.30. The highest BCUT2D eigenvalue weighted by molar-refractivity contribution is 5.70. The highest BCUT2D eigenvalue weighted by Gasteiger charge is 2.74. The Morgan fingerprint density at radius 3 is 2.05 bits per heavy atom. The molecule has 5 rings (SSSR count). The molecule has 0 unspecified atom stereocenters. The summed E-state index contributed by atoms with van der Waals surface area (Å²) in [4.78, 5) is 11.4. The fraction of sp³-hybridized carbons (Fsp3) is 0.316. The molecule has 21 heavy (non-hydrogen) atoms. The minimum Gasteiger partial charge on any atom is -0.465 e. The third kappa shape index (κ3) is 1.18. The maximum Gasteiger partial charge on any atom is 0.302 e. The molecule has 0 N–H and O–H groups in total. The minimum absolute atomic E-state index is 0.103. The van der Waals surface area contributed by atoms with Crippen molar-refractivity contribution in [2.75, 3.05) is 6.61 Å². The summed E-state index contributed by atoms with van der Waals surface area (Å²) >= 11 is 0. The predicted molar refractivity (Wildman–Crippen MR) is 79.3 cm³/mol. The fourth-order valence-corrected chi connectivity index (χ4v) is 5.06. The van der Waals surface area contributed by atoms with E-state index < -0.39 is 0 Å². The summed E-state index contributed by atoms with van der Waals surface area (Å²) in [7, 11) is 0. The van der Waals surface area contributed by atoms with Gasteiger partial charge in [0.2, 0.25) is 0 Å². The lowest BCUT2D eigenvalue weighted by Crippen LogP contribution is -2.33. The summed E-state index contributed by atoms with van der Waals surface area (Å²) in [5.74, 6) is 1.66. The minimum atomic E-state index is -0.188. The van der Waals surface area contributed by atoms with Crippen LogP contribution in [-0.4, -0.2) is 12.6 Å². The number of fused-ring (bicyclic) bond motifs is 7. The second-order valence-corrected chi connectivity index (χ2v) is 6.50. The van der Waals surface area contributed by atoms with Crippen LogP contribution in [0, 0.1) is 5.92 Å². The van der Waals surface area contributed by atoms with Crippen molar-refractivity contribution in [3.63, 3.8) is 0 Å². The van der Waals surface area contributed by atoms with Crippen LogP contribution in [0.2, 0.25) is 0 Å². The summed E-state index contributed by atoms with van der Waals surface area (Å²) < 4.78 is 5.52. The molecule has 1 fully saturated rings. The van der Waals surface area contributed by atoms with E-state index in [0.29, 0.717) is 24.4 Å². The summed E-state index contributed by atoms with van der Waals surface area (Å²) in [5, 5.41) is 0. The first-order valence-corrected chi connectivity index (χ1v) is 7.57. The second kappa shape index (κ2) is 3.56. The molecule has 3 aliphatic rings. The Kier molecular flexibility index (Phi) is 1.96. The lowest BCUT2D eigenvalue weighted by molar-refractivity contribution is -0.142. The smallest absolute Gasteiger partial charge is 0.302 e. The van der Waals surface area contributed by atoms with Crippen LogP contribution < -0.4 is 0 Å². The molecule has 0 radical (unpaired) electrons. The van der Waals surface area contributed by atoms with E-state index in [1.165, 1.54) is 29.2 Å². The van der Waals surface area contributed by atoms with Gasteiger partial charge in [-0.25, -0.2) is 0 Å². The Balaban J connectivity index is 1.76. The Morgan fingerprint density at radius 1 is 1.00 bits per heavy atom. The van der Waals surface area contributed by atoms with Crippen molar-refractivity contribution >= 4 is 5.97 Å². The van der Waals surface area contributed by atoms with Crippen LogP contribution in [0.4, 0.5) is 0 Å². The molecule has 0 aliphatic heterocycles. The number of ether oxygens (including phenoxy) is 1. The van der Waals surface area contributed by atoms with E-state index in [-0.39, 0.29) is 11.4 Å². The first-order chi connectivity index (χ1) is 10.2. The number of carbonyl (C=O) groups is 1. The van der Waals surface area contributed by atoms with Crippen LogP contribution in [0.5, 0.6) is 0 Å². The molecule has 2 nitrogen and oxygen atoms in total. The maximum absolute atomic E-state index is 11.4. The Hall–Kier alpha value is -2.09. The van der Waals surface area contributed by atoms with Gasteiger partial charge >= 0.3 is 5.97 Å². The normalized spacial score (nSPS) is 33.1. The number of hydrogen-bond acceptors (Lipinski definition) is 2. The van der Waals surface area contributed by atoms with Crippen molar-refractivity contribution in [1.82, 2.24) is 0 Å². The average molecular weight is 276 g/mol. The molecule has 3 aliphatic carbocycles. The molecule has 104 valence electrons. The zero-order valence-corrected chi connectivity index (χ0v) is 11.9. The SMILES string of the molecule is CC(=O)OCC12c3ccccc3[C@@H]3C1[C@H]3c1ccccc12. The quantitative estimate of drug-likeness (QED) is 0.786. The summed E-state index contributed by atoms with van der Waals surface area (Å²) in [6, 6.07) is 17.4. The van der Waals surface area contributed by atoms with Crippen LogP contribution in [0.25, 0.3) is 0 Å². The highest BCUT2D eigenvalue weighted by Crippen LogP contribution is 2.80. The maximum atomic E-state index is 11.4. The number of hydrogen-bond donors (Lipinski definition) is 0. The zero-order valence-electron chi connectivity index (χ0n) is 11.9. The van der Waals surface area contributed by atoms with Crippen LogP contribution in [-0.2, 0) is 14.9 Å². The Labute approximate surface area is 123 Å². The molecule has 0 spiro atoms. The average Bonchev–Trinajstić information content (AvgIpc) is 3.11. The van der Waals surface area contributed by atoms with Crippen molar-refractivity contribution in [3.8, 4) is 0 Å². The molecular formula is C19H16O2. The third-order valence-corrected chi connectivity index (χ3v) is 5.69. The predicted octanol–water partition coefficient (Wildman–Crippen LogP) is 3.36. The van der Waals surface area contributed by atoms with Gasteiger partial charge in [0.1, 0.15) is 6.61 Å². The molecule has 0 bridgehead atoms. The second-order valence-electron chi connectivity index (χ2n) is 6.50. The van der Waals surface area contributed by atoms with E-state index in [2.05, 4.69) is 48.5 Å². The van der Waals surface area contributed by atoms with Crippen LogP contribution in [0.15, 0.2) is 48.5 Å². The summed E-state index contributed by atoms with van der Waals surface area (Å²) in [6.45, 7) is 1.98. The molecule has 0 amide bonds. The van der Waals surface area contributed by atoms with E-state index in [4.69, 9.17) is 4.74 Å². The van der Waals surface area contributed by atoms with Gasteiger partial charge in [0, 0.05) is 6.92 Å². The van der Waals surface area contributed by atoms with Gasteiger partial charge in [-0.2, -0.15) is 0 Å². The van der Waals surface area contributed by atoms with Gasteiger partial charge in [-0.3, -0.25) is 4.79 Å². The van der Waals surface area contributed by atoms with Crippen LogP contribution in [0.1, 0.15) is 41.0 Å². The standard InChI is InChI=1S/C19H16O2/c1-11(20)21-10-19-14-8-4-2-6-12(14)16-17(18(16)19)13-7-3-5-9-15(13)19/h2-9,16-18H,10H2,1H3/t16-,17-,18?,19?/m0/s1. The van der Waals surface area contributed by atoms with E-state index in [9.17, 15) is 4.79 Å². The molecular weight excluding hydrogens is 260 g/mol. The molecule has 2 aromatic carbocycles. The van der Waals surface area contributed by atoms with Crippen LogP contribution >= 0.6 is 0 Å². The molecule has 1 saturated carbocycles. The summed E-state index contributed by atoms with van der Waals surface area (Å²) in [5.41, 5.74) is 5.59. The third-order valence-electron chi connectivity index (χ3n) is 5.69. The molecule has 0 heterocycles. The van der Waals surface area contributed by atoms with E-state index in [1.807, 2.05) is 0 Å². The van der Waals surface area contributed by atoms with Crippen molar-refractivity contribution < 1.29 is 9.53 Å². The van der Waals surface area contributed by atoms with Crippen molar-refractivity contribution in [1.29, 1.82) is 0 Å². The van der Waals surface area contributed by atoms with Gasteiger partial charge in [-0.1, -0.05) is 48.5 Å². The molecule has 2 heteroatoms. The van der Waals surface area contributed by atoms with Crippen molar-refractivity contribution in [2.45, 2.75) is 24.2 Å². The first-order valence-electron chi connectivity index (χ1n) is 7.57. The van der Waals surface area contributed by atoms with Crippen LogP contribution in [0.3, 0.4) is 0 Å². The van der Waals surface area contributed by atoms with Gasteiger partial charge in [0.15, 0.2) is 0 Å². The van der Waals surface area contributed by atoms with Crippen molar-refractivity contribution in [2.24, 2.45) is 5.92 Å². The van der Waals surface area contributed by atoms with E-state index >= 15 is 0 Å². The Morgan fingerprint density at radius 2 is 1.52 bits per heavy atom. The van der Waals surface area contributed by atoms with E-state index in [1.54, 1.807) is 0 Å². The largest absolute Gasteiger partial charge is 0.465 e. The van der Waals surface area contributed by atoms with Gasteiger partial charge in [-0.05, 0) is 40.0 Å². The van der Waals surface area contributed by atoms with Gasteiger partial charge < -0.3 is 4.74 Å². The molecule has 0 saturated heterocycles.